The number of piperidine rings is 1. The molecule has 0 saturated carbocycles. The Morgan fingerprint density at radius 3 is 2.49 bits per heavy atom. The molecule has 5 rings (SSSR count). The summed E-state index contributed by atoms with van der Waals surface area (Å²) in [5.41, 5.74) is 1.81. The third-order valence-corrected chi connectivity index (χ3v) is 8.08. The standard InChI is InChI=1S/C25H27Cl2N3O5/c1-13-8-18(26)23(19(27)9-13)35-16-6-7-29(12-16)21-5-2-14(11-28-21)17-10-15-3-4-20(22(17)24(31)32)30(15)25(33)34/h2,5,8-9,11,15-17,20,22H,3-4,6-7,10,12H2,1H3,(H,31,32)(H,33,34)/t15-,16+,17+,20+,22+/m0/s1. The smallest absolute Gasteiger partial charge is 0.407 e. The van der Waals surface area contributed by atoms with E-state index in [4.69, 9.17) is 27.9 Å². The fourth-order valence-electron chi connectivity index (χ4n) is 5.98. The van der Waals surface area contributed by atoms with Crippen molar-refractivity contribution < 1.29 is 24.5 Å². The Labute approximate surface area is 213 Å². The first-order chi connectivity index (χ1) is 16.7. The van der Waals surface area contributed by atoms with Crippen LogP contribution in [0, 0.1) is 12.8 Å². The van der Waals surface area contributed by atoms with E-state index in [1.165, 1.54) is 4.90 Å². The highest BCUT2D eigenvalue weighted by Crippen LogP contribution is 2.47. The molecule has 2 aromatic rings. The number of anilines is 1. The molecule has 186 valence electrons. The number of benzene rings is 1. The number of pyridine rings is 1. The van der Waals surface area contributed by atoms with Crippen LogP contribution in [-0.2, 0) is 4.79 Å². The number of hydrogen-bond acceptors (Lipinski definition) is 5. The Morgan fingerprint density at radius 2 is 1.86 bits per heavy atom. The molecule has 1 aromatic carbocycles. The van der Waals surface area contributed by atoms with Crippen LogP contribution in [0.3, 0.4) is 0 Å². The van der Waals surface area contributed by atoms with Crippen molar-refractivity contribution in [1.82, 2.24) is 9.88 Å². The van der Waals surface area contributed by atoms with Gasteiger partial charge in [-0.15, -0.1) is 0 Å². The van der Waals surface area contributed by atoms with Gasteiger partial charge in [0, 0.05) is 37.2 Å². The molecule has 10 heteroatoms. The van der Waals surface area contributed by atoms with E-state index in [1.807, 2.05) is 31.2 Å². The number of carbonyl (C=O) groups is 2. The van der Waals surface area contributed by atoms with Crippen LogP contribution in [0.1, 0.15) is 42.7 Å². The first-order valence-electron chi connectivity index (χ1n) is 11.8. The van der Waals surface area contributed by atoms with Gasteiger partial charge in [-0.25, -0.2) is 9.78 Å². The lowest BCUT2D eigenvalue weighted by Crippen LogP contribution is -2.52. The first-order valence-corrected chi connectivity index (χ1v) is 12.6. The highest BCUT2D eigenvalue weighted by molar-refractivity contribution is 6.37. The van der Waals surface area contributed by atoms with Crippen molar-refractivity contribution in [3.05, 3.63) is 51.6 Å². The highest BCUT2D eigenvalue weighted by Gasteiger charge is 2.52. The molecule has 1 aromatic heterocycles. The molecule has 8 nitrogen and oxygen atoms in total. The van der Waals surface area contributed by atoms with Crippen molar-refractivity contribution in [3.63, 3.8) is 0 Å². The number of carboxylic acid groups (broad SMARTS) is 2. The first kappa shape index (κ1) is 24.0. The van der Waals surface area contributed by atoms with E-state index >= 15 is 0 Å². The number of ether oxygens (including phenoxy) is 1. The number of aliphatic carboxylic acids is 1. The summed E-state index contributed by atoms with van der Waals surface area (Å²) < 4.78 is 6.11. The van der Waals surface area contributed by atoms with Crippen molar-refractivity contribution in [3.8, 4) is 5.75 Å². The highest BCUT2D eigenvalue weighted by atomic mass is 35.5. The van der Waals surface area contributed by atoms with Gasteiger partial charge in [0.2, 0.25) is 0 Å². The second-order valence-corrected chi connectivity index (χ2v) is 10.5. The number of fused-ring (bicyclic) bond motifs is 2. The van der Waals surface area contributed by atoms with Crippen molar-refractivity contribution in [1.29, 1.82) is 0 Å². The van der Waals surface area contributed by atoms with E-state index in [2.05, 4.69) is 9.88 Å². The van der Waals surface area contributed by atoms with E-state index in [9.17, 15) is 19.8 Å². The van der Waals surface area contributed by atoms with Crippen LogP contribution >= 0.6 is 23.2 Å². The summed E-state index contributed by atoms with van der Waals surface area (Å²) in [7, 11) is 0. The van der Waals surface area contributed by atoms with Gasteiger partial charge >= 0.3 is 12.1 Å². The van der Waals surface area contributed by atoms with Crippen LogP contribution in [0.5, 0.6) is 5.75 Å². The van der Waals surface area contributed by atoms with E-state index in [0.29, 0.717) is 41.6 Å². The molecule has 2 bridgehead atoms. The van der Waals surface area contributed by atoms with Crippen molar-refractivity contribution in [2.75, 3.05) is 18.0 Å². The van der Waals surface area contributed by atoms with Gasteiger partial charge in [0.25, 0.3) is 0 Å². The van der Waals surface area contributed by atoms with Gasteiger partial charge in [0.15, 0.2) is 5.75 Å². The Morgan fingerprint density at radius 1 is 1.11 bits per heavy atom. The van der Waals surface area contributed by atoms with Crippen molar-refractivity contribution in [2.45, 2.75) is 56.7 Å². The van der Waals surface area contributed by atoms with Crippen LogP contribution < -0.4 is 9.64 Å². The largest absolute Gasteiger partial charge is 0.485 e. The Bertz CT molecular complexity index is 1120. The minimum absolute atomic E-state index is 0.0819. The number of nitrogens with zero attached hydrogens (tertiary/aromatic N) is 3. The number of aryl methyl sites for hydroxylation is 1. The second-order valence-electron chi connectivity index (χ2n) is 9.68. The molecule has 0 unspecified atom stereocenters. The zero-order chi connectivity index (χ0) is 24.9. The average molecular weight is 520 g/mol. The number of amides is 1. The molecule has 3 aliphatic heterocycles. The van der Waals surface area contributed by atoms with Crippen molar-refractivity contribution in [2.24, 2.45) is 5.92 Å². The van der Waals surface area contributed by atoms with Crippen LogP contribution in [-0.4, -0.2) is 63.4 Å². The van der Waals surface area contributed by atoms with E-state index in [0.717, 1.165) is 29.9 Å². The number of carboxylic acids is 1. The molecule has 1 amide bonds. The molecule has 0 radical (unpaired) electrons. The van der Waals surface area contributed by atoms with Gasteiger partial charge in [-0.3, -0.25) is 4.79 Å². The summed E-state index contributed by atoms with van der Waals surface area (Å²) in [4.78, 5) is 32.0. The maximum absolute atomic E-state index is 12.1. The van der Waals surface area contributed by atoms with Crippen LogP contribution in [0.15, 0.2) is 30.5 Å². The summed E-state index contributed by atoms with van der Waals surface area (Å²) >= 11 is 12.7. The minimum atomic E-state index is -1.03. The molecular weight excluding hydrogens is 493 g/mol. The number of aromatic nitrogens is 1. The number of rotatable bonds is 5. The SMILES string of the molecule is Cc1cc(Cl)c(O[C@@H]2CCN(c3ccc([C@H]4C[C@@H]5CC[C@H]([C@@H]4C(=O)O)N5C(=O)O)cn3)C2)c(Cl)c1. The molecule has 3 saturated heterocycles. The van der Waals surface area contributed by atoms with Crippen LogP contribution in [0.2, 0.25) is 10.0 Å². The maximum Gasteiger partial charge on any atom is 0.407 e. The van der Waals surface area contributed by atoms with E-state index < -0.39 is 24.0 Å². The molecule has 0 spiro atoms. The number of hydrogen-bond donors (Lipinski definition) is 2. The van der Waals surface area contributed by atoms with Gasteiger partial charge in [0.05, 0.1) is 22.5 Å². The molecule has 35 heavy (non-hydrogen) atoms. The summed E-state index contributed by atoms with van der Waals surface area (Å²) in [5.74, 6) is -0.702. The molecular formula is C25H27Cl2N3O5. The average Bonchev–Trinajstić information content (AvgIpc) is 3.39. The van der Waals surface area contributed by atoms with E-state index in [-0.39, 0.29) is 18.1 Å². The summed E-state index contributed by atoms with van der Waals surface area (Å²) in [5, 5.41) is 20.5. The topological polar surface area (TPSA) is 103 Å². The van der Waals surface area contributed by atoms with Crippen molar-refractivity contribution >= 4 is 41.1 Å². The van der Waals surface area contributed by atoms with Gasteiger partial charge in [0.1, 0.15) is 11.9 Å². The quantitative estimate of drug-likeness (QED) is 0.569. The van der Waals surface area contributed by atoms with Gasteiger partial charge in [-0.2, -0.15) is 0 Å². The molecule has 5 atom stereocenters. The fourth-order valence-corrected chi connectivity index (χ4v) is 6.67. The minimum Gasteiger partial charge on any atom is -0.485 e. The van der Waals surface area contributed by atoms with Gasteiger partial charge in [-0.1, -0.05) is 29.3 Å². The lowest BCUT2D eigenvalue weighted by Gasteiger charge is -2.41. The van der Waals surface area contributed by atoms with Gasteiger partial charge < -0.3 is 24.7 Å². The summed E-state index contributed by atoms with van der Waals surface area (Å²) in [6.45, 7) is 3.32. The fraction of sp³-hybridized carbons (Fsp3) is 0.480. The Kier molecular flexibility index (Phi) is 6.44. The Hall–Kier alpha value is -2.71. The summed E-state index contributed by atoms with van der Waals surface area (Å²) in [6, 6.07) is 6.86. The third kappa shape index (κ3) is 4.49. The lowest BCUT2D eigenvalue weighted by molar-refractivity contribution is -0.146. The maximum atomic E-state index is 12.1. The van der Waals surface area contributed by atoms with E-state index in [1.54, 1.807) is 6.20 Å². The number of halogens is 2. The normalized spacial score (nSPS) is 27.8. The Balaban J connectivity index is 1.28. The lowest BCUT2D eigenvalue weighted by atomic mass is 9.76. The molecule has 4 heterocycles. The zero-order valence-corrected chi connectivity index (χ0v) is 20.7. The molecule has 3 aliphatic rings. The van der Waals surface area contributed by atoms with Gasteiger partial charge in [-0.05, 0) is 55.5 Å². The van der Waals surface area contributed by atoms with Crippen LogP contribution in [0.25, 0.3) is 0 Å². The predicted molar refractivity (Wildman–Crippen MR) is 132 cm³/mol. The van der Waals surface area contributed by atoms with Crippen LogP contribution in [0.4, 0.5) is 10.6 Å². The molecule has 0 aliphatic carbocycles. The molecule has 2 N–H and O–H groups in total. The zero-order valence-electron chi connectivity index (χ0n) is 19.2. The summed E-state index contributed by atoms with van der Waals surface area (Å²) in [6.07, 6.45) is 3.21. The third-order valence-electron chi connectivity index (χ3n) is 7.52. The second kappa shape index (κ2) is 9.39. The molecule has 3 fully saturated rings. The predicted octanol–water partition coefficient (Wildman–Crippen LogP) is 5.05. The monoisotopic (exact) mass is 519 g/mol.